The summed E-state index contributed by atoms with van der Waals surface area (Å²) in [6.07, 6.45) is 0.828. The van der Waals surface area contributed by atoms with Crippen LogP contribution in [0.1, 0.15) is 34.5 Å². The maximum absolute atomic E-state index is 11.3. The van der Waals surface area contributed by atoms with E-state index in [4.69, 9.17) is 0 Å². The Hall–Kier alpha value is -2.13. The first-order chi connectivity index (χ1) is 9.97. The molecule has 0 aromatic heterocycles. The van der Waals surface area contributed by atoms with Crippen molar-refractivity contribution in [1.29, 1.82) is 0 Å². The van der Waals surface area contributed by atoms with Crippen molar-refractivity contribution in [3.05, 3.63) is 65.2 Å². The molecule has 1 N–H and O–H groups in total. The molecular weight excluding hydrogens is 262 g/mol. The normalized spacial score (nSPS) is 12.4. The van der Waals surface area contributed by atoms with Crippen LogP contribution in [0.4, 0.5) is 0 Å². The van der Waals surface area contributed by atoms with Crippen LogP contribution in [0.5, 0.6) is 5.75 Å². The van der Waals surface area contributed by atoms with Gasteiger partial charge >= 0.3 is 0 Å². The number of ketones is 1. The van der Waals surface area contributed by atoms with Crippen LogP contribution in [0.15, 0.2) is 48.5 Å². The quantitative estimate of drug-likeness (QED) is 0.855. The van der Waals surface area contributed by atoms with E-state index < -0.39 is 0 Å². The van der Waals surface area contributed by atoms with Gasteiger partial charge in [0.15, 0.2) is 5.78 Å². The molecule has 0 aliphatic carbocycles. The Morgan fingerprint density at radius 2 is 1.81 bits per heavy atom. The Kier molecular flexibility index (Phi) is 4.76. The molecule has 0 saturated carbocycles. The monoisotopic (exact) mass is 283 g/mol. The highest BCUT2D eigenvalue weighted by Gasteiger charge is 2.15. The Balaban J connectivity index is 2.22. The first-order valence-electron chi connectivity index (χ1n) is 7.02. The molecule has 1 unspecified atom stereocenters. The molecule has 110 valence electrons. The molecule has 3 heteroatoms. The number of nitrogens with zero attached hydrogens (tertiary/aromatic N) is 1. The molecule has 0 spiro atoms. The average molecular weight is 283 g/mol. The van der Waals surface area contributed by atoms with Crippen LogP contribution in [0.25, 0.3) is 0 Å². The molecule has 3 nitrogen and oxygen atoms in total. The fourth-order valence-corrected chi connectivity index (χ4v) is 2.43. The van der Waals surface area contributed by atoms with Gasteiger partial charge in [-0.3, -0.25) is 4.79 Å². The summed E-state index contributed by atoms with van der Waals surface area (Å²) in [6.45, 7) is 1.57. The lowest BCUT2D eigenvalue weighted by Gasteiger charge is -2.25. The number of carbonyl (C=O) groups is 1. The number of Topliss-reactive ketones (excluding diaryl/α,β-unsaturated/α-hetero) is 1. The smallest absolute Gasteiger partial charge is 0.159 e. The molecule has 2 aromatic rings. The van der Waals surface area contributed by atoms with Crippen molar-refractivity contribution >= 4 is 5.78 Å². The van der Waals surface area contributed by atoms with E-state index in [1.165, 1.54) is 5.56 Å². The van der Waals surface area contributed by atoms with Crippen molar-refractivity contribution in [1.82, 2.24) is 4.90 Å². The molecule has 2 rings (SSSR count). The van der Waals surface area contributed by atoms with Crippen LogP contribution in [-0.4, -0.2) is 29.9 Å². The van der Waals surface area contributed by atoms with Crippen LogP contribution in [0, 0.1) is 0 Å². The van der Waals surface area contributed by atoms with Crippen LogP contribution in [-0.2, 0) is 6.42 Å². The highest BCUT2D eigenvalue weighted by Crippen LogP contribution is 2.25. The summed E-state index contributed by atoms with van der Waals surface area (Å²) in [7, 11) is 4.05. The molecule has 0 heterocycles. The molecule has 1 atom stereocenters. The number of benzene rings is 2. The lowest BCUT2D eigenvalue weighted by atomic mass is 9.97. The van der Waals surface area contributed by atoms with Crippen LogP contribution in [0.2, 0.25) is 0 Å². The highest BCUT2D eigenvalue weighted by atomic mass is 16.3. The first-order valence-corrected chi connectivity index (χ1v) is 7.02. The molecule has 2 aromatic carbocycles. The van der Waals surface area contributed by atoms with Crippen molar-refractivity contribution in [3.63, 3.8) is 0 Å². The third-order valence-corrected chi connectivity index (χ3v) is 3.67. The number of rotatable bonds is 5. The third kappa shape index (κ3) is 3.92. The minimum absolute atomic E-state index is 0.0821. The minimum Gasteiger partial charge on any atom is -0.508 e. The second kappa shape index (κ2) is 6.55. The molecule has 0 saturated heterocycles. The Morgan fingerprint density at radius 3 is 2.33 bits per heavy atom. The number of likely N-dealkylation sites (N-methyl/N-ethyl adjacent to an activating group) is 1. The summed E-state index contributed by atoms with van der Waals surface area (Å²) in [6, 6.07) is 15.3. The van der Waals surface area contributed by atoms with Gasteiger partial charge in [0.25, 0.3) is 0 Å². The number of aromatic hydroxyl groups is 1. The third-order valence-electron chi connectivity index (χ3n) is 3.67. The summed E-state index contributed by atoms with van der Waals surface area (Å²) in [4.78, 5) is 13.4. The van der Waals surface area contributed by atoms with Crippen LogP contribution in [0.3, 0.4) is 0 Å². The van der Waals surface area contributed by atoms with Crippen LogP contribution < -0.4 is 0 Å². The minimum atomic E-state index is 0.0821. The highest BCUT2D eigenvalue weighted by molar-refractivity contribution is 5.94. The number of carbonyl (C=O) groups excluding carboxylic acids is 1. The molecular formula is C18H21NO2. The first kappa shape index (κ1) is 15.3. The van der Waals surface area contributed by atoms with E-state index in [1.54, 1.807) is 19.1 Å². The summed E-state index contributed by atoms with van der Waals surface area (Å²) in [5.74, 6) is 0.366. The van der Waals surface area contributed by atoms with E-state index in [-0.39, 0.29) is 17.6 Å². The summed E-state index contributed by atoms with van der Waals surface area (Å²) in [5.41, 5.74) is 2.98. The molecule has 0 amide bonds. The Labute approximate surface area is 125 Å². The zero-order chi connectivity index (χ0) is 15.4. The fourth-order valence-electron chi connectivity index (χ4n) is 2.43. The molecule has 0 aliphatic rings. The van der Waals surface area contributed by atoms with Crippen LogP contribution >= 0.6 is 0 Å². The lowest BCUT2D eigenvalue weighted by Crippen LogP contribution is -2.22. The van der Waals surface area contributed by atoms with Gasteiger partial charge in [-0.2, -0.15) is 0 Å². The SMILES string of the molecule is CC(=O)c1ccc(CC(c2cccc(O)c2)N(C)C)cc1. The van der Waals surface area contributed by atoms with Gasteiger partial charge in [0.2, 0.25) is 0 Å². The van der Waals surface area contributed by atoms with Crippen molar-refractivity contribution in [2.24, 2.45) is 0 Å². The standard InChI is InChI=1S/C18H21NO2/c1-13(20)15-9-7-14(8-10-15)11-18(19(2)3)16-5-4-6-17(21)12-16/h4-10,12,18,21H,11H2,1-3H3. The number of phenolic OH excluding ortho intramolecular Hbond substituents is 1. The van der Waals surface area contributed by atoms with E-state index in [9.17, 15) is 9.90 Å². The van der Waals surface area contributed by atoms with Gasteiger partial charge in [-0.15, -0.1) is 0 Å². The largest absolute Gasteiger partial charge is 0.508 e. The van der Waals surface area contributed by atoms with Gasteiger partial charge in [0, 0.05) is 11.6 Å². The van der Waals surface area contributed by atoms with E-state index in [1.807, 2.05) is 50.5 Å². The van der Waals surface area contributed by atoms with Gasteiger partial charge in [0.1, 0.15) is 5.75 Å². The topological polar surface area (TPSA) is 40.5 Å². The number of hydrogen-bond donors (Lipinski definition) is 1. The second-order valence-corrected chi connectivity index (χ2v) is 5.53. The zero-order valence-electron chi connectivity index (χ0n) is 12.7. The Bertz CT molecular complexity index is 617. The predicted octanol–water partition coefficient (Wildman–Crippen LogP) is 3.44. The van der Waals surface area contributed by atoms with E-state index in [2.05, 4.69) is 4.90 Å². The molecule has 21 heavy (non-hydrogen) atoms. The van der Waals surface area contributed by atoms with E-state index >= 15 is 0 Å². The van der Waals surface area contributed by atoms with Gasteiger partial charge in [0.05, 0.1) is 0 Å². The summed E-state index contributed by atoms with van der Waals surface area (Å²) >= 11 is 0. The molecule has 0 bridgehead atoms. The van der Waals surface area contributed by atoms with Crippen molar-refractivity contribution in [2.45, 2.75) is 19.4 Å². The van der Waals surface area contributed by atoms with Gasteiger partial charge in [-0.25, -0.2) is 0 Å². The molecule has 0 aliphatic heterocycles. The molecule has 0 radical (unpaired) electrons. The van der Waals surface area contributed by atoms with Gasteiger partial charge in [-0.1, -0.05) is 36.4 Å². The zero-order valence-corrected chi connectivity index (χ0v) is 12.7. The number of phenols is 1. The Morgan fingerprint density at radius 1 is 1.14 bits per heavy atom. The lowest BCUT2D eigenvalue weighted by molar-refractivity contribution is 0.101. The van der Waals surface area contributed by atoms with Crippen molar-refractivity contribution < 1.29 is 9.90 Å². The van der Waals surface area contributed by atoms with E-state index in [0.29, 0.717) is 0 Å². The average Bonchev–Trinajstić information content (AvgIpc) is 2.45. The van der Waals surface area contributed by atoms with Gasteiger partial charge < -0.3 is 10.0 Å². The second-order valence-electron chi connectivity index (χ2n) is 5.53. The van der Waals surface area contributed by atoms with Crippen molar-refractivity contribution in [3.8, 4) is 5.75 Å². The molecule has 0 fully saturated rings. The predicted molar refractivity (Wildman–Crippen MR) is 84.7 cm³/mol. The maximum atomic E-state index is 11.3. The summed E-state index contributed by atoms with van der Waals surface area (Å²) < 4.78 is 0. The van der Waals surface area contributed by atoms with Gasteiger partial charge in [-0.05, 0) is 50.7 Å². The summed E-state index contributed by atoms with van der Waals surface area (Å²) in [5, 5.41) is 9.65. The fraction of sp³-hybridized carbons (Fsp3) is 0.278. The van der Waals surface area contributed by atoms with E-state index in [0.717, 1.165) is 17.5 Å². The number of hydrogen-bond acceptors (Lipinski definition) is 3. The maximum Gasteiger partial charge on any atom is 0.159 e. The van der Waals surface area contributed by atoms with Crippen molar-refractivity contribution in [2.75, 3.05) is 14.1 Å².